The molecule has 1 aromatic carbocycles. The Balaban J connectivity index is 1.88. The van der Waals surface area contributed by atoms with Crippen LogP contribution in [0.25, 0.3) is 0 Å². The van der Waals surface area contributed by atoms with Crippen LogP contribution in [0.5, 0.6) is 0 Å². The molecule has 128 valence electrons. The molecule has 0 spiro atoms. The molecule has 1 aliphatic carbocycles. The van der Waals surface area contributed by atoms with E-state index >= 15 is 0 Å². The topological polar surface area (TPSA) is 59.0 Å². The van der Waals surface area contributed by atoms with Crippen LogP contribution < -0.4 is 4.90 Å². The third-order valence-corrected chi connectivity index (χ3v) is 5.94. The number of hydrogen-bond acceptors (Lipinski definition) is 5. The average Bonchev–Trinajstić information content (AvgIpc) is 3.19. The van der Waals surface area contributed by atoms with Gasteiger partial charge in [-0.15, -0.1) is 11.3 Å². The molecule has 0 N–H and O–H groups in total. The van der Waals surface area contributed by atoms with Crippen molar-refractivity contribution in [3.63, 3.8) is 0 Å². The minimum atomic E-state index is -0.420. The number of thiophene rings is 1. The number of fused-ring (bicyclic) bond motifs is 3. The van der Waals surface area contributed by atoms with Gasteiger partial charge in [-0.05, 0) is 24.8 Å². The second-order valence-corrected chi connectivity index (χ2v) is 7.21. The summed E-state index contributed by atoms with van der Waals surface area (Å²) in [6.45, 7) is -0.0310. The molecule has 2 heterocycles. The van der Waals surface area contributed by atoms with E-state index in [1.54, 1.807) is 16.2 Å². The van der Waals surface area contributed by atoms with Crippen LogP contribution in [-0.4, -0.2) is 37.8 Å². The molecule has 0 unspecified atom stereocenters. The van der Waals surface area contributed by atoms with Crippen molar-refractivity contribution >= 4 is 33.9 Å². The van der Waals surface area contributed by atoms with Crippen molar-refractivity contribution in [2.75, 3.05) is 25.1 Å². The highest BCUT2D eigenvalue weighted by atomic mass is 32.1. The molecule has 1 aromatic heterocycles. The Morgan fingerprint density at radius 2 is 2.08 bits per heavy atom. The standard InChI is InChI=1S/C19H18N2O3S/c1-24-16(23)11-21-15(22)10-20-18(12-6-3-2-4-7-12)17-13-8-5-9-14(13)25-19(17)21/h2-4,6-7H,5,8-11H2,1H3. The second kappa shape index (κ2) is 6.44. The van der Waals surface area contributed by atoms with Gasteiger partial charge in [-0.2, -0.15) is 0 Å². The molecule has 4 rings (SSSR count). The Morgan fingerprint density at radius 3 is 2.84 bits per heavy atom. The molecule has 0 saturated heterocycles. The van der Waals surface area contributed by atoms with E-state index in [4.69, 9.17) is 4.74 Å². The number of benzene rings is 1. The number of ether oxygens (including phenoxy) is 1. The van der Waals surface area contributed by atoms with Gasteiger partial charge in [-0.1, -0.05) is 30.3 Å². The maximum atomic E-state index is 12.6. The first-order chi connectivity index (χ1) is 12.2. The summed E-state index contributed by atoms with van der Waals surface area (Å²) in [6.07, 6.45) is 3.14. The van der Waals surface area contributed by atoms with Crippen molar-refractivity contribution < 1.29 is 14.3 Å². The molecule has 2 aromatic rings. The molecule has 1 aliphatic heterocycles. The molecule has 0 bridgehead atoms. The van der Waals surface area contributed by atoms with E-state index in [1.165, 1.54) is 17.6 Å². The number of amides is 1. The Hall–Kier alpha value is -2.47. The van der Waals surface area contributed by atoms with Crippen molar-refractivity contribution in [2.24, 2.45) is 4.99 Å². The number of esters is 1. The summed E-state index contributed by atoms with van der Waals surface area (Å²) in [6, 6.07) is 9.95. The lowest BCUT2D eigenvalue weighted by atomic mass is 9.99. The zero-order valence-electron chi connectivity index (χ0n) is 13.9. The number of carbonyl (C=O) groups is 2. The number of aliphatic imine (C=N–C) groups is 1. The van der Waals surface area contributed by atoms with E-state index in [0.717, 1.165) is 41.1 Å². The lowest BCUT2D eigenvalue weighted by molar-refractivity contribution is -0.139. The SMILES string of the molecule is COC(=O)CN1C(=O)CN=C(c2ccccc2)c2c1sc1c2CCC1. The summed E-state index contributed by atoms with van der Waals surface area (Å²) in [5.41, 5.74) is 4.17. The fourth-order valence-electron chi connectivity index (χ4n) is 3.43. The zero-order valence-corrected chi connectivity index (χ0v) is 14.8. The molecule has 25 heavy (non-hydrogen) atoms. The molecule has 5 nitrogen and oxygen atoms in total. The lowest BCUT2D eigenvalue weighted by Crippen LogP contribution is -2.37. The van der Waals surface area contributed by atoms with E-state index < -0.39 is 5.97 Å². The van der Waals surface area contributed by atoms with Gasteiger partial charge < -0.3 is 4.74 Å². The highest BCUT2D eigenvalue weighted by Crippen LogP contribution is 2.43. The van der Waals surface area contributed by atoms with Gasteiger partial charge in [0.05, 0.1) is 12.8 Å². The quantitative estimate of drug-likeness (QED) is 0.796. The van der Waals surface area contributed by atoms with E-state index in [-0.39, 0.29) is 19.0 Å². The highest BCUT2D eigenvalue weighted by molar-refractivity contribution is 7.17. The van der Waals surface area contributed by atoms with Gasteiger partial charge in [0, 0.05) is 16.0 Å². The van der Waals surface area contributed by atoms with Crippen LogP contribution in [-0.2, 0) is 27.2 Å². The smallest absolute Gasteiger partial charge is 0.325 e. The van der Waals surface area contributed by atoms with Crippen LogP contribution >= 0.6 is 11.3 Å². The van der Waals surface area contributed by atoms with Crippen molar-refractivity contribution in [1.82, 2.24) is 0 Å². The number of methoxy groups -OCH3 is 1. The number of nitrogens with zero attached hydrogens (tertiary/aromatic N) is 2. The van der Waals surface area contributed by atoms with Crippen LogP contribution in [0.15, 0.2) is 35.3 Å². The maximum absolute atomic E-state index is 12.6. The van der Waals surface area contributed by atoms with Gasteiger partial charge in [0.25, 0.3) is 0 Å². The normalized spacial score (nSPS) is 16.1. The second-order valence-electron chi connectivity index (χ2n) is 6.12. The van der Waals surface area contributed by atoms with Crippen LogP contribution in [0, 0.1) is 0 Å². The summed E-state index contributed by atoms with van der Waals surface area (Å²) in [5, 5.41) is 0.834. The van der Waals surface area contributed by atoms with Gasteiger partial charge in [0.15, 0.2) is 0 Å². The fraction of sp³-hybridized carbons (Fsp3) is 0.316. The Morgan fingerprint density at radius 1 is 1.28 bits per heavy atom. The largest absolute Gasteiger partial charge is 0.468 e. The average molecular weight is 354 g/mol. The number of aryl methyl sites for hydroxylation is 1. The molecule has 0 atom stereocenters. The minimum Gasteiger partial charge on any atom is -0.468 e. The van der Waals surface area contributed by atoms with E-state index in [2.05, 4.69) is 4.99 Å². The van der Waals surface area contributed by atoms with Gasteiger partial charge in [0.1, 0.15) is 18.1 Å². The first-order valence-corrected chi connectivity index (χ1v) is 9.12. The van der Waals surface area contributed by atoms with Gasteiger partial charge in [-0.25, -0.2) is 0 Å². The van der Waals surface area contributed by atoms with E-state index in [9.17, 15) is 9.59 Å². The summed E-state index contributed by atoms with van der Waals surface area (Å²) in [7, 11) is 1.34. The number of rotatable bonds is 3. The Kier molecular flexibility index (Phi) is 4.13. The molecule has 6 heteroatoms. The van der Waals surface area contributed by atoms with Crippen molar-refractivity contribution in [3.8, 4) is 0 Å². The van der Waals surface area contributed by atoms with Gasteiger partial charge >= 0.3 is 5.97 Å². The monoisotopic (exact) mass is 354 g/mol. The predicted octanol–water partition coefficient (Wildman–Crippen LogP) is 2.59. The first-order valence-electron chi connectivity index (χ1n) is 8.31. The summed E-state index contributed by atoms with van der Waals surface area (Å²) >= 11 is 1.62. The third kappa shape index (κ3) is 2.76. The fourth-order valence-corrected chi connectivity index (χ4v) is 4.84. The van der Waals surface area contributed by atoms with Crippen molar-refractivity contribution in [1.29, 1.82) is 0 Å². The summed E-state index contributed by atoms with van der Waals surface area (Å²) < 4.78 is 4.78. The van der Waals surface area contributed by atoms with Gasteiger partial charge in [-0.3, -0.25) is 19.5 Å². The molecule has 0 radical (unpaired) electrons. The van der Waals surface area contributed by atoms with E-state index in [1.807, 2.05) is 30.3 Å². The van der Waals surface area contributed by atoms with Gasteiger partial charge in [0.2, 0.25) is 5.91 Å². The van der Waals surface area contributed by atoms with Crippen molar-refractivity contribution in [3.05, 3.63) is 51.9 Å². The zero-order chi connectivity index (χ0) is 17.4. The molecule has 0 saturated carbocycles. The summed E-state index contributed by atoms with van der Waals surface area (Å²) in [5.74, 6) is -0.589. The first kappa shape index (κ1) is 16.0. The molecule has 1 amide bonds. The maximum Gasteiger partial charge on any atom is 0.325 e. The third-order valence-electron chi connectivity index (χ3n) is 4.62. The molecular formula is C19H18N2O3S. The van der Waals surface area contributed by atoms with E-state index in [0.29, 0.717) is 0 Å². The van der Waals surface area contributed by atoms with Crippen LogP contribution in [0.3, 0.4) is 0 Å². The molecule has 0 fully saturated rings. The number of hydrogen-bond donors (Lipinski definition) is 0. The van der Waals surface area contributed by atoms with Crippen LogP contribution in [0.2, 0.25) is 0 Å². The molecule has 2 aliphatic rings. The highest BCUT2D eigenvalue weighted by Gasteiger charge is 2.33. The van der Waals surface area contributed by atoms with Crippen molar-refractivity contribution in [2.45, 2.75) is 19.3 Å². The minimum absolute atomic E-state index is 0.0391. The Labute approximate surface area is 149 Å². The summed E-state index contributed by atoms with van der Waals surface area (Å²) in [4.78, 5) is 32.0. The van der Waals surface area contributed by atoms with Crippen LogP contribution in [0.1, 0.15) is 28.0 Å². The predicted molar refractivity (Wildman–Crippen MR) is 97.7 cm³/mol. The van der Waals surface area contributed by atoms with Crippen LogP contribution in [0.4, 0.5) is 5.00 Å². The lowest BCUT2D eigenvalue weighted by Gasteiger charge is -2.19. The number of carbonyl (C=O) groups excluding carboxylic acids is 2. The Bertz CT molecular complexity index is 870. The molecular weight excluding hydrogens is 336 g/mol. The number of anilines is 1.